The first-order valence-electron chi connectivity index (χ1n) is 9.27. The summed E-state index contributed by atoms with van der Waals surface area (Å²) < 4.78 is 0. The Morgan fingerprint density at radius 3 is 2.29 bits per heavy atom. The topological polar surface area (TPSA) is 88.2 Å². The quantitative estimate of drug-likeness (QED) is 0.482. The lowest BCUT2D eigenvalue weighted by atomic mass is 9.74. The summed E-state index contributed by atoms with van der Waals surface area (Å²) in [5.74, 6) is -0.576. The van der Waals surface area contributed by atoms with Gasteiger partial charge in [0.15, 0.2) is 0 Å². The highest BCUT2D eigenvalue weighted by molar-refractivity contribution is 6.16. The number of hydrogen-bond donors (Lipinski definition) is 2. The van der Waals surface area contributed by atoms with Gasteiger partial charge < -0.3 is 15.4 Å². The Labute approximate surface area is 165 Å². The molecule has 1 heterocycles. The van der Waals surface area contributed by atoms with E-state index in [2.05, 4.69) is 6.07 Å². The molecule has 1 aliphatic rings. The number of nitriles is 1. The van der Waals surface area contributed by atoms with Crippen LogP contribution in [0, 0.1) is 23.7 Å². The predicted molar refractivity (Wildman–Crippen MR) is 109 cm³/mol. The second kappa shape index (κ2) is 8.10. The Balaban J connectivity index is 1.80. The lowest BCUT2D eigenvalue weighted by Gasteiger charge is -2.37. The molecular weight excluding hydrogens is 350 g/mol. The van der Waals surface area contributed by atoms with Crippen LogP contribution in [0.2, 0.25) is 0 Å². The third-order valence-corrected chi connectivity index (χ3v) is 5.40. The number of rotatable bonds is 4. The van der Waals surface area contributed by atoms with Crippen LogP contribution in [0.25, 0.3) is 5.76 Å². The molecule has 0 unspecified atom stereocenters. The molecule has 0 aliphatic carbocycles. The number of hydrogen-bond acceptors (Lipinski definition) is 4. The van der Waals surface area contributed by atoms with Crippen molar-refractivity contribution in [2.45, 2.75) is 25.2 Å². The highest BCUT2D eigenvalue weighted by Crippen LogP contribution is 2.35. The van der Waals surface area contributed by atoms with Gasteiger partial charge in [-0.2, -0.15) is 5.26 Å². The van der Waals surface area contributed by atoms with E-state index >= 15 is 0 Å². The summed E-state index contributed by atoms with van der Waals surface area (Å²) >= 11 is 0. The Morgan fingerprint density at radius 1 is 1.14 bits per heavy atom. The maximum atomic E-state index is 12.9. The summed E-state index contributed by atoms with van der Waals surface area (Å²) in [5.41, 5.74) is 1.88. The van der Waals surface area contributed by atoms with Gasteiger partial charge in [0, 0.05) is 24.9 Å². The van der Waals surface area contributed by atoms with Gasteiger partial charge in [-0.1, -0.05) is 60.2 Å². The van der Waals surface area contributed by atoms with Crippen molar-refractivity contribution >= 4 is 17.9 Å². The average molecular weight is 373 g/mol. The molecule has 0 spiro atoms. The van der Waals surface area contributed by atoms with E-state index in [-0.39, 0.29) is 17.2 Å². The number of aryl methyl sites for hydroxylation is 1. The van der Waals surface area contributed by atoms with Gasteiger partial charge in [0.2, 0.25) is 0 Å². The molecule has 0 radical (unpaired) electrons. The molecule has 1 saturated heterocycles. The molecule has 2 aromatic carbocycles. The van der Waals surface area contributed by atoms with Crippen molar-refractivity contribution in [1.82, 2.24) is 4.90 Å². The largest absolute Gasteiger partial charge is 0.506 e. The highest BCUT2D eigenvalue weighted by atomic mass is 16.3. The van der Waals surface area contributed by atoms with Crippen molar-refractivity contribution in [3.05, 3.63) is 76.9 Å². The van der Waals surface area contributed by atoms with Gasteiger partial charge in [-0.25, -0.2) is 0 Å². The lowest BCUT2D eigenvalue weighted by molar-refractivity contribution is -0.127. The van der Waals surface area contributed by atoms with Crippen molar-refractivity contribution in [3.63, 3.8) is 0 Å². The molecule has 5 nitrogen and oxygen atoms in total. The van der Waals surface area contributed by atoms with E-state index in [0.29, 0.717) is 31.5 Å². The first-order valence-corrected chi connectivity index (χ1v) is 9.27. The van der Waals surface area contributed by atoms with Crippen LogP contribution in [0.4, 0.5) is 0 Å². The molecule has 1 fully saturated rings. The molecule has 0 bridgehead atoms. The van der Waals surface area contributed by atoms with Crippen LogP contribution in [-0.4, -0.2) is 35.2 Å². The minimum Gasteiger partial charge on any atom is -0.506 e. The van der Waals surface area contributed by atoms with Gasteiger partial charge in [-0.3, -0.25) is 4.79 Å². The van der Waals surface area contributed by atoms with Gasteiger partial charge >= 0.3 is 0 Å². The number of nitrogens with zero attached hydrogens (tertiary/aromatic N) is 2. The molecule has 0 saturated carbocycles. The zero-order valence-electron chi connectivity index (χ0n) is 15.9. The van der Waals surface area contributed by atoms with Gasteiger partial charge in [0.1, 0.15) is 5.76 Å². The Morgan fingerprint density at radius 2 is 1.75 bits per heavy atom. The number of carbonyl (C=O) groups is 1. The minimum absolute atomic E-state index is 0.0342. The summed E-state index contributed by atoms with van der Waals surface area (Å²) in [7, 11) is 0. The SMILES string of the molecule is Cc1ccc(/C(O)=C(/C=N)C(=O)N2CCC(C#N)(c3ccccc3)CC2)cc1. The van der Waals surface area contributed by atoms with Crippen molar-refractivity contribution < 1.29 is 9.90 Å². The summed E-state index contributed by atoms with van der Waals surface area (Å²) in [6.07, 6.45) is 1.95. The Kier molecular flexibility index (Phi) is 5.60. The number of piperidine rings is 1. The molecule has 142 valence electrons. The first-order chi connectivity index (χ1) is 13.5. The van der Waals surface area contributed by atoms with Crippen LogP contribution in [0.1, 0.15) is 29.5 Å². The maximum Gasteiger partial charge on any atom is 0.259 e. The van der Waals surface area contributed by atoms with Crippen LogP contribution in [0.5, 0.6) is 0 Å². The van der Waals surface area contributed by atoms with E-state index in [0.717, 1.165) is 17.3 Å². The zero-order chi connectivity index (χ0) is 20.1. The summed E-state index contributed by atoms with van der Waals surface area (Å²) in [6.45, 7) is 2.74. The van der Waals surface area contributed by atoms with Crippen LogP contribution in [-0.2, 0) is 10.2 Å². The van der Waals surface area contributed by atoms with E-state index in [1.807, 2.05) is 49.4 Å². The molecule has 5 heteroatoms. The molecule has 2 N–H and O–H groups in total. The second-order valence-electron chi connectivity index (χ2n) is 7.12. The van der Waals surface area contributed by atoms with Crippen molar-refractivity contribution in [2.24, 2.45) is 0 Å². The van der Waals surface area contributed by atoms with Crippen LogP contribution in [0.15, 0.2) is 60.2 Å². The fourth-order valence-electron chi connectivity index (χ4n) is 3.58. The zero-order valence-corrected chi connectivity index (χ0v) is 15.9. The van der Waals surface area contributed by atoms with Gasteiger partial charge in [0.25, 0.3) is 5.91 Å². The predicted octanol–water partition coefficient (Wildman–Crippen LogP) is 4.00. The van der Waals surface area contributed by atoms with Crippen molar-refractivity contribution in [1.29, 1.82) is 10.7 Å². The first kappa shape index (κ1) is 19.4. The standard InChI is InChI=1S/C23H23N3O2/c1-17-7-9-18(10-8-17)21(27)20(15-24)22(28)26-13-11-23(16-25,12-14-26)19-5-3-2-4-6-19/h2-10,15,24,27H,11-14H2,1H3/b21-20+,24-15?. The van der Waals surface area contributed by atoms with Crippen molar-refractivity contribution in [3.8, 4) is 6.07 Å². The number of aliphatic hydroxyl groups excluding tert-OH is 1. The number of likely N-dealkylation sites (tertiary alicyclic amines) is 1. The summed E-state index contributed by atoms with van der Waals surface area (Å²) in [6, 6.07) is 19.3. The molecule has 1 aliphatic heterocycles. The fraction of sp³-hybridized carbons (Fsp3) is 0.261. The van der Waals surface area contributed by atoms with Crippen LogP contribution >= 0.6 is 0 Å². The van der Waals surface area contributed by atoms with E-state index in [1.165, 1.54) is 0 Å². The third-order valence-electron chi connectivity index (χ3n) is 5.40. The highest BCUT2D eigenvalue weighted by Gasteiger charge is 2.38. The molecule has 28 heavy (non-hydrogen) atoms. The molecule has 0 atom stereocenters. The van der Waals surface area contributed by atoms with Crippen LogP contribution in [0.3, 0.4) is 0 Å². The van der Waals surface area contributed by atoms with E-state index < -0.39 is 5.41 Å². The monoisotopic (exact) mass is 373 g/mol. The fourth-order valence-corrected chi connectivity index (χ4v) is 3.58. The third kappa shape index (κ3) is 3.67. The summed E-state index contributed by atoms with van der Waals surface area (Å²) in [4.78, 5) is 14.5. The molecule has 1 amide bonds. The van der Waals surface area contributed by atoms with Gasteiger partial charge in [0.05, 0.1) is 17.1 Å². The Hall–Kier alpha value is -3.39. The smallest absolute Gasteiger partial charge is 0.259 e. The van der Waals surface area contributed by atoms with E-state index in [9.17, 15) is 15.2 Å². The molecule has 0 aromatic heterocycles. The molecule has 3 rings (SSSR count). The number of aliphatic hydroxyl groups is 1. The van der Waals surface area contributed by atoms with Crippen molar-refractivity contribution in [2.75, 3.05) is 13.1 Å². The van der Waals surface area contributed by atoms with Gasteiger partial charge in [-0.05, 0) is 25.3 Å². The molecular formula is C23H23N3O2. The lowest BCUT2D eigenvalue weighted by Crippen LogP contribution is -2.45. The molecule has 2 aromatic rings. The average Bonchev–Trinajstić information content (AvgIpc) is 2.75. The number of nitrogens with one attached hydrogen (secondary N) is 1. The van der Waals surface area contributed by atoms with Gasteiger partial charge in [-0.15, -0.1) is 0 Å². The van der Waals surface area contributed by atoms with E-state index in [1.54, 1.807) is 17.0 Å². The minimum atomic E-state index is -0.606. The summed E-state index contributed by atoms with van der Waals surface area (Å²) in [5, 5.41) is 28.0. The van der Waals surface area contributed by atoms with Crippen LogP contribution < -0.4 is 0 Å². The second-order valence-corrected chi connectivity index (χ2v) is 7.12. The number of carbonyl (C=O) groups excluding carboxylic acids is 1. The maximum absolute atomic E-state index is 12.9. The number of benzene rings is 2. The Bertz CT molecular complexity index is 932. The normalized spacial score (nSPS) is 16.6. The van der Waals surface area contributed by atoms with E-state index in [4.69, 9.17) is 5.41 Å². The number of amides is 1.